The number of nitrogens with zero attached hydrogens (tertiary/aromatic N) is 1. The fraction of sp³-hybridized carbons (Fsp3) is 0.167. The van der Waals surface area contributed by atoms with Crippen LogP contribution in [-0.4, -0.2) is 17.1 Å². The van der Waals surface area contributed by atoms with Crippen LogP contribution in [0, 0.1) is 0 Å². The molecule has 1 aromatic heterocycles. The number of hydrogen-bond donors (Lipinski definition) is 0. The molecule has 3 rings (SSSR count). The highest BCUT2D eigenvalue weighted by molar-refractivity contribution is 5.97. The largest absolute Gasteiger partial charge is 0.461 e. The quantitative estimate of drug-likeness (QED) is 0.643. The fourth-order valence-electron chi connectivity index (χ4n) is 2.68. The van der Waals surface area contributed by atoms with Gasteiger partial charge in [-0.25, -0.2) is 4.79 Å². The maximum Gasteiger partial charge on any atom is 0.418 e. The third-order valence-electron chi connectivity index (χ3n) is 3.65. The summed E-state index contributed by atoms with van der Waals surface area (Å²) in [5.41, 5.74) is -0.335. The molecule has 0 radical (unpaired) electrons. The number of rotatable bonds is 3. The second kappa shape index (κ2) is 6.03. The number of para-hydroxylation sites is 2. The first kappa shape index (κ1) is 16.1. The van der Waals surface area contributed by atoms with Gasteiger partial charge in [0, 0.05) is 5.39 Å². The lowest BCUT2D eigenvalue weighted by Gasteiger charge is -2.16. The van der Waals surface area contributed by atoms with Crippen molar-refractivity contribution < 1.29 is 22.7 Å². The normalized spacial score (nSPS) is 11.7. The van der Waals surface area contributed by atoms with Crippen LogP contribution >= 0.6 is 0 Å². The molecule has 0 spiro atoms. The van der Waals surface area contributed by atoms with Crippen LogP contribution in [0.4, 0.5) is 13.2 Å². The van der Waals surface area contributed by atoms with Crippen LogP contribution in [0.1, 0.15) is 23.0 Å². The van der Waals surface area contributed by atoms with E-state index in [-0.39, 0.29) is 18.0 Å². The van der Waals surface area contributed by atoms with Gasteiger partial charge in [-0.2, -0.15) is 13.2 Å². The first-order valence-corrected chi connectivity index (χ1v) is 7.37. The van der Waals surface area contributed by atoms with Crippen molar-refractivity contribution in [2.24, 2.45) is 0 Å². The number of aromatic nitrogens is 1. The lowest BCUT2D eigenvalue weighted by molar-refractivity contribution is -0.137. The van der Waals surface area contributed by atoms with E-state index >= 15 is 0 Å². The first-order valence-electron chi connectivity index (χ1n) is 7.37. The molecule has 24 heavy (non-hydrogen) atoms. The molecule has 0 bridgehead atoms. The summed E-state index contributed by atoms with van der Waals surface area (Å²) in [5, 5.41) is 0.664. The van der Waals surface area contributed by atoms with Crippen molar-refractivity contribution in [3.63, 3.8) is 0 Å². The van der Waals surface area contributed by atoms with Gasteiger partial charge in [-0.1, -0.05) is 30.3 Å². The molecule has 3 nitrogen and oxygen atoms in total. The number of fused-ring (bicyclic) bond motifs is 1. The van der Waals surface area contributed by atoms with Gasteiger partial charge in [-0.15, -0.1) is 0 Å². The molecule has 1 heterocycles. The monoisotopic (exact) mass is 333 g/mol. The summed E-state index contributed by atoms with van der Waals surface area (Å²) in [4.78, 5) is 12.2. The topological polar surface area (TPSA) is 31.2 Å². The number of carbonyl (C=O) groups is 1. The number of alkyl halides is 3. The van der Waals surface area contributed by atoms with Gasteiger partial charge < -0.3 is 9.30 Å². The molecule has 0 saturated carbocycles. The Morgan fingerprint density at radius 2 is 1.75 bits per heavy atom. The molecule has 0 saturated heterocycles. The predicted octanol–water partition coefficient (Wildman–Crippen LogP) is 4.83. The number of halogens is 3. The SMILES string of the molecule is CCOC(=O)c1cc2ccccc2n1-c1ccccc1C(F)(F)F. The first-order chi connectivity index (χ1) is 11.4. The predicted molar refractivity (Wildman–Crippen MR) is 84.2 cm³/mol. The van der Waals surface area contributed by atoms with Crippen LogP contribution < -0.4 is 0 Å². The number of hydrogen-bond acceptors (Lipinski definition) is 2. The number of esters is 1. The van der Waals surface area contributed by atoms with Gasteiger partial charge in [-0.05, 0) is 31.2 Å². The fourth-order valence-corrected chi connectivity index (χ4v) is 2.68. The Morgan fingerprint density at radius 1 is 1.08 bits per heavy atom. The van der Waals surface area contributed by atoms with Gasteiger partial charge in [0.15, 0.2) is 0 Å². The lowest BCUT2D eigenvalue weighted by Crippen LogP contribution is -2.15. The van der Waals surface area contributed by atoms with E-state index in [2.05, 4.69) is 0 Å². The molecule has 0 aliphatic carbocycles. The average Bonchev–Trinajstić information content (AvgIpc) is 2.94. The molecule has 6 heteroatoms. The van der Waals surface area contributed by atoms with Gasteiger partial charge in [-0.3, -0.25) is 0 Å². The molecule has 0 unspecified atom stereocenters. The van der Waals surface area contributed by atoms with E-state index in [9.17, 15) is 18.0 Å². The Hall–Kier alpha value is -2.76. The summed E-state index contributed by atoms with van der Waals surface area (Å²) >= 11 is 0. The van der Waals surface area contributed by atoms with E-state index in [1.807, 2.05) is 0 Å². The Labute approximate surface area is 136 Å². The van der Waals surface area contributed by atoms with Crippen LogP contribution in [-0.2, 0) is 10.9 Å². The maximum atomic E-state index is 13.4. The maximum absolute atomic E-state index is 13.4. The molecule has 3 aromatic rings. The van der Waals surface area contributed by atoms with Gasteiger partial charge >= 0.3 is 12.1 Å². The summed E-state index contributed by atoms with van der Waals surface area (Å²) in [7, 11) is 0. The molecule has 0 N–H and O–H groups in total. The molecular weight excluding hydrogens is 319 g/mol. The third-order valence-corrected chi connectivity index (χ3v) is 3.65. The van der Waals surface area contributed by atoms with Crippen molar-refractivity contribution in [1.29, 1.82) is 0 Å². The van der Waals surface area contributed by atoms with Crippen molar-refractivity contribution in [3.8, 4) is 5.69 Å². The number of carbonyl (C=O) groups excluding carboxylic acids is 1. The summed E-state index contributed by atoms with van der Waals surface area (Å²) in [6.45, 7) is 1.79. The Balaban J connectivity index is 2.34. The van der Waals surface area contributed by atoms with E-state index < -0.39 is 17.7 Å². The lowest BCUT2D eigenvalue weighted by atomic mass is 10.1. The molecule has 0 fully saturated rings. The van der Waals surface area contributed by atoms with E-state index in [4.69, 9.17) is 4.74 Å². The van der Waals surface area contributed by atoms with Crippen molar-refractivity contribution in [1.82, 2.24) is 4.57 Å². The highest BCUT2D eigenvalue weighted by Gasteiger charge is 2.34. The molecule has 0 amide bonds. The van der Waals surface area contributed by atoms with E-state index in [0.717, 1.165) is 6.07 Å². The minimum atomic E-state index is -4.53. The summed E-state index contributed by atoms with van der Waals surface area (Å²) in [5.74, 6) is -0.661. The average molecular weight is 333 g/mol. The standard InChI is InChI=1S/C18H14F3NO2/c1-2-24-17(23)16-11-12-7-3-5-9-14(12)22(16)15-10-6-4-8-13(15)18(19,20)21/h3-11H,2H2,1H3. The Kier molecular flexibility index (Phi) is 4.05. The molecular formula is C18H14F3NO2. The van der Waals surface area contributed by atoms with Crippen molar-refractivity contribution in [2.75, 3.05) is 6.61 Å². The van der Waals surface area contributed by atoms with Crippen molar-refractivity contribution in [2.45, 2.75) is 13.1 Å². The van der Waals surface area contributed by atoms with Crippen LogP contribution in [0.2, 0.25) is 0 Å². The van der Waals surface area contributed by atoms with Crippen molar-refractivity contribution >= 4 is 16.9 Å². The molecule has 2 aromatic carbocycles. The van der Waals surface area contributed by atoms with Crippen LogP contribution in [0.3, 0.4) is 0 Å². The Morgan fingerprint density at radius 3 is 2.46 bits per heavy atom. The zero-order valence-corrected chi connectivity index (χ0v) is 12.8. The smallest absolute Gasteiger partial charge is 0.418 e. The third kappa shape index (κ3) is 2.75. The zero-order chi connectivity index (χ0) is 17.3. The second-order valence-corrected chi connectivity index (χ2v) is 5.16. The molecule has 0 aliphatic heterocycles. The number of benzene rings is 2. The van der Waals surface area contributed by atoms with Crippen LogP contribution in [0.15, 0.2) is 54.6 Å². The molecule has 124 valence electrons. The van der Waals surface area contributed by atoms with Gasteiger partial charge in [0.05, 0.1) is 23.4 Å². The van der Waals surface area contributed by atoms with E-state index in [0.29, 0.717) is 10.9 Å². The molecule has 0 atom stereocenters. The number of ether oxygens (including phenoxy) is 1. The highest BCUT2D eigenvalue weighted by Crippen LogP contribution is 2.36. The summed E-state index contributed by atoms with van der Waals surface area (Å²) in [6, 6.07) is 13.6. The van der Waals surface area contributed by atoms with Crippen molar-refractivity contribution in [3.05, 3.63) is 65.9 Å². The van der Waals surface area contributed by atoms with Crippen LogP contribution in [0.25, 0.3) is 16.6 Å². The minimum absolute atomic E-state index is 0.0646. The van der Waals surface area contributed by atoms with Gasteiger partial charge in [0.1, 0.15) is 5.69 Å². The minimum Gasteiger partial charge on any atom is -0.461 e. The van der Waals surface area contributed by atoms with E-state index in [1.54, 1.807) is 37.3 Å². The Bertz CT molecular complexity index is 897. The zero-order valence-electron chi connectivity index (χ0n) is 12.8. The van der Waals surface area contributed by atoms with Crippen LogP contribution in [0.5, 0.6) is 0 Å². The van der Waals surface area contributed by atoms with Gasteiger partial charge in [0.25, 0.3) is 0 Å². The highest BCUT2D eigenvalue weighted by atomic mass is 19.4. The summed E-state index contributed by atoms with van der Waals surface area (Å²) < 4.78 is 46.5. The molecule has 0 aliphatic rings. The summed E-state index contributed by atoms with van der Waals surface area (Å²) in [6.07, 6.45) is -4.53. The van der Waals surface area contributed by atoms with Gasteiger partial charge in [0.2, 0.25) is 0 Å². The second-order valence-electron chi connectivity index (χ2n) is 5.16. The van der Waals surface area contributed by atoms with E-state index in [1.165, 1.54) is 22.8 Å².